The van der Waals surface area contributed by atoms with Crippen LogP contribution in [-0.2, 0) is 10.0 Å². The first kappa shape index (κ1) is 15.2. The largest absolute Gasteiger partial charge is 0.497 e. The van der Waals surface area contributed by atoms with Crippen LogP contribution < -0.4 is 14.4 Å². The van der Waals surface area contributed by atoms with Crippen molar-refractivity contribution in [3.63, 3.8) is 0 Å². The fraction of sp³-hybridized carbons (Fsp3) is 0.200. The Morgan fingerprint density at radius 2 is 1.52 bits per heavy atom. The first-order chi connectivity index (χ1) is 9.92. The molecule has 0 aromatic heterocycles. The van der Waals surface area contributed by atoms with Gasteiger partial charge in [-0.25, -0.2) is 8.42 Å². The van der Waals surface area contributed by atoms with Crippen LogP contribution in [0.2, 0.25) is 0 Å². The van der Waals surface area contributed by atoms with Gasteiger partial charge >= 0.3 is 0 Å². The van der Waals surface area contributed by atoms with Gasteiger partial charge in [-0.15, -0.1) is 0 Å². The molecule has 2 aromatic carbocycles. The molecule has 0 spiro atoms. The highest BCUT2D eigenvalue weighted by atomic mass is 32.2. The van der Waals surface area contributed by atoms with E-state index >= 15 is 0 Å². The highest BCUT2D eigenvalue weighted by Gasteiger charge is 2.14. The SMILES string of the molecule is COc1ccc(S(=O)(=O)Nc2ccc(N(C)C)cc2)cc1. The molecule has 0 aliphatic heterocycles. The summed E-state index contributed by atoms with van der Waals surface area (Å²) in [5.74, 6) is 0.615. The number of ether oxygens (including phenoxy) is 1. The van der Waals surface area contributed by atoms with E-state index in [0.29, 0.717) is 11.4 Å². The zero-order valence-corrected chi connectivity index (χ0v) is 13.0. The molecule has 5 nitrogen and oxygen atoms in total. The molecule has 0 radical (unpaired) electrons. The Labute approximate surface area is 125 Å². The van der Waals surface area contributed by atoms with Gasteiger partial charge in [-0.2, -0.15) is 0 Å². The molecule has 2 rings (SSSR count). The molecule has 6 heteroatoms. The molecule has 0 unspecified atom stereocenters. The van der Waals surface area contributed by atoms with Gasteiger partial charge in [0.1, 0.15) is 5.75 Å². The molecule has 0 saturated heterocycles. The number of anilines is 2. The fourth-order valence-corrected chi connectivity index (χ4v) is 2.86. The number of nitrogens with zero attached hydrogens (tertiary/aromatic N) is 1. The number of hydrogen-bond donors (Lipinski definition) is 1. The monoisotopic (exact) mass is 306 g/mol. The van der Waals surface area contributed by atoms with Gasteiger partial charge in [0.25, 0.3) is 10.0 Å². The van der Waals surface area contributed by atoms with Gasteiger partial charge in [0.05, 0.1) is 12.0 Å². The second-order valence-electron chi connectivity index (χ2n) is 4.72. The Morgan fingerprint density at radius 3 is 2.00 bits per heavy atom. The molecule has 1 N–H and O–H groups in total. The number of sulfonamides is 1. The van der Waals surface area contributed by atoms with Crippen LogP contribution in [0.5, 0.6) is 5.75 Å². The van der Waals surface area contributed by atoms with E-state index in [2.05, 4.69) is 4.72 Å². The summed E-state index contributed by atoms with van der Waals surface area (Å²) in [6.45, 7) is 0. The molecule has 112 valence electrons. The smallest absolute Gasteiger partial charge is 0.261 e. The van der Waals surface area contributed by atoms with Crippen molar-refractivity contribution in [2.24, 2.45) is 0 Å². The van der Waals surface area contributed by atoms with E-state index in [9.17, 15) is 8.42 Å². The Morgan fingerprint density at radius 1 is 0.952 bits per heavy atom. The third kappa shape index (κ3) is 3.66. The summed E-state index contributed by atoms with van der Waals surface area (Å²) < 4.78 is 32.1. The van der Waals surface area contributed by atoms with E-state index in [1.807, 2.05) is 31.1 Å². The van der Waals surface area contributed by atoms with Crippen molar-refractivity contribution >= 4 is 21.4 Å². The minimum absolute atomic E-state index is 0.194. The number of benzene rings is 2. The van der Waals surface area contributed by atoms with E-state index in [4.69, 9.17) is 4.74 Å². The van der Waals surface area contributed by atoms with Crippen molar-refractivity contribution < 1.29 is 13.2 Å². The van der Waals surface area contributed by atoms with Crippen molar-refractivity contribution in [1.82, 2.24) is 0 Å². The zero-order valence-electron chi connectivity index (χ0n) is 12.2. The third-order valence-electron chi connectivity index (χ3n) is 3.01. The fourth-order valence-electron chi connectivity index (χ4n) is 1.80. The van der Waals surface area contributed by atoms with E-state index < -0.39 is 10.0 Å². The van der Waals surface area contributed by atoms with E-state index in [1.165, 1.54) is 19.2 Å². The minimum Gasteiger partial charge on any atom is -0.497 e. The number of hydrogen-bond acceptors (Lipinski definition) is 4. The molecule has 0 amide bonds. The molecule has 21 heavy (non-hydrogen) atoms. The van der Waals surface area contributed by atoms with Crippen molar-refractivity contribution in [2.75, 3.05) is 30.8 Å². The lowest BCUT2D eigenvalue weighted by Gasteiger charge is -2.13. The number of nitrogens with one attached hydrogen (secondary N) is 1. The molecule has 0 aliphatic rings. The van der Waals surface area contributed by atoms with Crippen molar-refractivity contribution in [2.45, 2.75) is 4.90 Å². The maximum atomic E-state index is 12.3. The summed E-state index contributed by atoms with van der Waals surface area (Å²) in [5, 5.41) is 0. The predicted molar refractivity (Wildman–Crippen MR) is 84.6 cm³/mol. The maximum absolute atomic E-state index is 12.3. The Balaban J connectivity index is 2.19. The maximum Gasteiger partial charge on any atom is 0.261 e. The van der Waals surface area contributed by atoms with Crippen molar-refractivity contribution in [3.05, 3.63) is 48.5 Å². The van der Waals surface area contributed by atoms with Gasteiger partial charge in [-0.3, -0.25) is 4.72 Å². The van der Waals surface area contributed by atoms with Crippen LogP contribution >= 0.6 is 0 Å². The molecule has 0 aliphatic carbocycles. The highest BCUT2D eigenvalue weighted by Crippen LogP contribution is 2.21. The van der Waals surface area contributed by atoms with Crippen LogP contribution in [0.3, 0.4) is 0 Å². The second kappa shape index (κ2) is 6.05. The molecule has 0 bridgehead atoms. The molecular weight excluding hydrogens is 288 g/mol. The van der Waals surface area contributed by atoms with Crippen LogP contribution in [0.15, 0.2) is 53.4 Å². The summed E-state index contributed by atoms with van der Waals surface area (Å²) >= 11 is 0. The quantitative estimate of drug-likeness (QED) is 0.922. The first-order valence-electron chi connectivity index (χ1n) is 6.36. The standard InChI is InChI=1S/C15H18N2O3S/c1-17(2)13-6-4-12(5-7-13)16-21(18,19)15-10-8-14(20-3)9-11-15/h4-11,16H,1-3H3. The minimum atomic E-state index is -3.59. The van der Waals surface area contributed by atoms with Crippen LogP contribution in [0.25, 0.3) is 0 Å². The van der Waals surface area contributed by atoms with Gasteiger partial charge in [-0.05, 0) is 48.5 Å². The molecule has 2 aromatic rings. The van der Waals surface area contributed by atoms with Gasteiger partial charge in [0, 0.05) is 25.5 Å². The average Bonchev–Trinajstić information content (AvgIpc) is 2.47. The van der Waals surface area contributed by atoms with Gasteiger partial charge in [0.2, 0.25) is 0 Å². The topological polar surface area (TPSA) is 58.6 Å². The lowest BCUT2D eigenvalue weighted by Crippen LogP contribution is -2.13. The van der Waals surface area contributed by atoms with Crippen LogP contribution in [0.4, 0.5) is 11.4 Å². The lowest BCUT2D eigenvalue weighted by atomic mass is 10.3. The van der Waals surface area contributed by atoms with Crippen LogP contribution in [-0.4, -0.2) is 29.6 Å². The molecule has 0 heterocycles. The normalized spacial score (nSPS) is 11.0. The molecular formula is C15H18N2O3S. The number of methoxy groups -OCH3 is 1. The lowest BCUT2D eigenvalue weighted by molar-refractivity contribution is 0.414. The average molecular weight is 306 g/mol. The molecule has 0 saturated carbocycles. The first-order valence-corrected chi connectivity index (χ1v) is 7.85. The van der Waals surface area contributed by atoms with Gasteiger partial charge in [-0.1, -0.05) is 0 Å². The van der Waals surface area contributed by atoms with Gasteiger partial charge < -0.3 is 9.64 Å². The van der Waals surface area contributed by atoms with E-state index in [-0.39, 0.29) is 4.90 Å². The molecule has 0 fully saturated rings. The molecule has 0 atom stereocenters. The summed E-state index contributed by atoms with van der Waals surface area (Å²) in [7, 11) is 1.80. The Kier molecular flexibility index (Phi) is 4.37. The van der Waals surface area contributed by atoms with E-state index in [0.717, 1.165) is 5.69 Å². The van der Waals surface area contributed by atoms with E-state index in [1.54, 1.807) is 24.3 Å². The number of rotatable bonds is 5. The predicted octanol–water partition coefficient (Wildman–Crippen LogP) is 2.56. The summed E-state index contributed by atoms with van der Waals surface area (Å²) in [6, 6.07) is 13.4. The van der Waals surface area contributed by atoms with Crippen molar-refractivity contribution in [1.29, 1.82) is 0 Å². The highest BCUT2D eigenvalue weighted by molar-refractivity contribution is 7.92. The zero-order chi connectivity index (χ0) is 15.5. The summed E-state index contributed by atoms with van der Waals surface area (Å²) in [4.78, 5) is 2.14. The summed E-state index contributed by atoms with van der Waals surface area (Å²) in [6.07, 6.45) is 0. The van der Waals surface area contributed by atoms with Gasteiger partial charge in [0.15, 0.2) is 0 Å². The van der Waals surface area contributed by atoms with Crippen LogP contribution in [0, 0.1) is 0 Å². The summed E-state index contributed by atoms with van der Waals surface area (Å²) in [5.41, 5.74) is 1.53. The third-order valence-corrected chi connectivity index (χ3v) is 4.40. The Bertz CT molecular complexity index is 693. The second-order valence-corrected chi connectivity index (χ2v) is 6.40. The van der Waals surface area contributed by atoms with Crippen LogP contribution in [0.1, 0.15) is 0 Å². The Hall–Kier alpha value is -2.21. The van der Waals surface area contributed by atoms with Crippen molar-refractivity contribution in [3.8, 4) is 5.75 Å².